The molecule has 0 bridgehead atoms. The van der Waals surface area contributed by atoms with Crippen LogP contribution in [0.1, 0.15) is 11.1 Å². The zero-order valence-corrected chi connectivity index (χ0v) is 16.9. The van der Waals surface area contributed by atoms with Crippen LogP contribution < -0.4 is 10.6 Å². The van der Waals surface area contributed by atoms with Crippen molar-refractivity contribution in [2.24, 2.45) is 4.99 Å². The van der Waals surface area contributed by atoms with Crippen molar-refractivity contribution in [3.05, 3.63) is 35.4 Å². The second kappa shape index (κ2) is 12.5. The zero-order chi connectivity index (χ0) is 16.3. The van der Waals surface area contributed by atoms with Gasteiger partial charge in [0.1, 0.15) is 0 Å². The summed E-state index contributed by atoms with van der Waals surface area (Å²) in [6.45, 7) is 6.89. The summed E-state index contributed by atoms with van der Waals surface area (Å²) in [6, 6.07) is 8.75. The lowest BCUT2D eigenvalue weighted by Crippen LogP contribution is -2.38. The number of aliphatic imine (C=N–C) groups is 1. The number of guanidine groups is 1. The highest BCUT2D eigenvalue weighted by Crippen LogP contribution is 2.09. The van der Waals surface area contributed by atoms with Crippen LogP contribution in [0.2, 0.25) is 0 Å². The Labute approximate surface area is 162 Å². The fraction of sp³-hybridized carbons (Fsp3) is 0.588. The van der Waals surface area contributed by atoms with Gasteiger partial charge in [-0.3, -0.25) is 9.89 Å². The van der Waals surface area contributed by atoms with Crippen molar-refractivity contribution in [3.8, 4) is 0 Å². The molecule has 0 amide bonds. The van der Waals surface area contributed by atoms with E-state index in [1.165, 1.54) is 11.1 Å². The lowest BCUT2D eigenvalue weighted by molar-refractivity contribution is 0.0342. The summed E-state index contributed by atoms with van der Waals surface area (Å²) in [5.74, 6) is 0.791. The molecule has 0 spiro atoms. The monoisotopic (exact) mass is 448 g/mol. The molecule has 0 aliphatic carbocycles. The van der Waals surface area contributed by atoms with E-state index in [1.54, 1.807) is 14.2 Å². The lowest BCUT2D eigenvalue weighted by Gasteiger charge is -2.26. The van der Waals surface area contributed by atoms with Crippen LogP contribution in [0, 0.1) is 0 Å². The Morgan fingerprint density at radius 2 is 1.83 bits per heavy atom. The molecule has 0 aromatic heterocycles. The van der Waals surface area contributed by atoms with E-state index in [-0.39, 0.29) is 24.0 Å². The summed E-state index contributed by atoms with van der Waals surface area (Å²) >= 11 is 0. The van der Waals surface area contributed by atoms with Gasteiger partial charge in [0.05, 0.1) is 19.8 Å². The van der Waals surface area contributed by atoms with Gasteiger partial charge in [0.15, 0.2) is 5.96 Å². The molecular weight excluding hydrogens is 419 g/mol. The van der Waals surface area contributed by atoms with Crippen molar-refractivity contribution in [1.29, 1.82) is 0 Å². The zero-order valence-electron chi connectivity index (χ0n) is 14.6. The van der Waals surface area contributed by atoms with E-state index in [9.17, 15) is 0 Å². The van der Waals surface area contributed by atoms with E-state index in [0.29, 0.717) is 6.61 Å². The Bertz CT molecular complexity index is 476. The molecule has 1 heterocycles. The highest BCUT2D eigenvalue weighted by molar-refractivity contribution is 14.0. The molecule has 24 heavy (non-hydrogen) atoms. The van der Waals surface area contributed by atoms with Gasteiger partial charge in [-0.15, -0.1) is 24.0 Å². The summed E-state index contributed by atoms with van der Waals surface area (Å²) in [4.78, 5) is 6.62. The van der Waals surface area contributed by atoms with Crippen LogP contribution in [-0.4, -0.2) is 64.5 Å². The Morgan fingerprint density at radius 3 is 2.46 bits per heavy atom. The number of hydrogen-bond acceptors (Lipinski definition) is 4. The van der Waals surface area contributed by atoms with Crippen LogP contribution in [0.15, 0.2) is 29.3 Å². The predicted molar refractivity (Wildman–Crippen MR) is 108 cm³/mol. The van der Waals surface area contributed by atoms with Gasteiger partial charge in [-0.25, -0.2) is 0 Å². The highest BCUT2D eigenvalue weighted by atomic mass is 127. The molecule has 1 aromatic rings. The first-order valence-corrected chi connectivity index (χ1v) is 8.13. The van der Waals surface area contributed by atoms with Gasteiger partial charge in [0.2, 0.25) is 0 Å². The quantitative estimate of drug-likeness (QED) is 0.286. The fourth-order valence-electron chi connectivity index (χ4n) is 2.46. The molecule has 1 aliphatic heterocycles. The van der Waals surface area contributed by atoms with Crippen molar-refractivity contribution in [2.45, 2.75) is 13.1 Å². The molecule has 1 aliphatic rings. The molecule has 0 unspecified atom stereocenters. The van der Waals surface area contributed by atoms with Crippen molar-refractivity contribution in [1.82, 2.24) is 15.5 Å². The number of hydrogen-bond donors (Lipinski definition) is 2. The van der Waals surface area contributed by atoms with Crippen LogP contribution in [0.5, 0.6) is 0 Å². The third-order valence-corrected chi connectivity index (χ3v) is 3.82. The Balaban J connectivity index is 0.00000288. The second-order valence-corrected chi connectivity index (χ2v) is 5.55. The van der Waals surface area contributed by atoms with Crippen LogP contribution in [0.4, 0.5) is 0 Å². The van der Waals surface area contributed by atoms with E-state index in [2.05, 4.69) is 44.8 Å². The summed E-state index contributed by atoms with van der Waals surface area (Å²) in [6.07, 6.45) is 0. The van der Waals surface area contributed by atoms with Gasteiger partial charge < -0.3 is 20.1 Å². The maximum atomic E-state index is 5.38. The van der Waals surface area contributed by atoms with Gasteiger partial charge in [-0.2, -0.15) is 0 Å². The summed E-state index contributed by atoms with van der Waals surface area (Å²) < 4.78 is 10.4. The number of ether oxygens (including phenoxy) is 2. The van der Waals surface area contributed by atoms with Crippen LogP contribution in [0.3, 0.4) is 0 Å². The third-order valence-electron chi connectivity index (χ3n) is 3.82. The van der Waals surface area contributed by atoms with E-state index < -0.39 is 0 Å². The lowest BCUT2D eigenvalue weighted by atomic mass is 10.1. The Morgan fingerprint density at radius 1 is 1.17 bits per heavy atom. The topological polar surface area (TPSA) is 58.1 Å². The van der Waals surface area contributed by atoms with Crippen molar-refractivity contribution in [2.75, 3.05) is 53.6 Å². The first-order chi connectivity index (χ1) is 11.3. The number of benzene rings is 1. The van der Waals surface area contributed by atoms with Crippen molar-refractivity contribution in [3.63, 3.8) is 0 Å². The first-order valence-electron chi connectivity index (χ1n) is 8.13. The molecule has 0 radical (unpaired) electrons. The maximum Gasteiger partial charge on any atom is 0.191 e. The molecule has 0 atom stereocenters. The van der Waals surface area contributed by atoms with Crippen LogP contribution in [-0.2, 0) is 22.6 Å². The molecule has 1 fully saturated rings. The standard InChI is InChI=1S/C17H28N4O2.HI/c1-18-17(19-7-10-22-2)20-13-15-3-5-16(6-4-15)14-21-8-11-23-12-9-21;/h3-6H,7-14H2,1-2H3,(H2,18,19,20);1H. The van der Waals surface area contributed by atoms with Gasteiger partial charge in [0, 0.05) is 46.9 Å². The minimum absolute atomic E-state index is 0. The van der Waals surface area contributed by atoms with Crippen molar-refractivity contribution < 1.29 is 9.47 Å². The molecular formula is C17H29IN4O2. The molecule has 6 nitrogen and oxygen atoms in total. The number of methoxy groups -OCH3 is 1. The van der Waals surface area contributed by atoms with Crippen LogP contribution in [0.25, 0.3) is 0 Å². The number of nitrogens with one attached hydrogen (secondary N) is 2. The molecule has 7 heteroatoms. The van der Waals surface area contributed by atoms with E-state index in [0.717, 1.165) is 51.9 Å². The predicted octanol–water partition coefficient (Wildman–Crippen LogP) is 1.45. The van der Waals surface area contributed by atoms with E-state index >= 15 is 0 Å². The summed E-state index contributed by atoms with van der Waals surface area (Å²) in [5.41, 5.74) is 2.59. The number of morpholine rings is 1. The Hall–Kier alpha value is -0.900. The smallest absolute Gasteiger partial charge is 0.191 e. The molecule has 2 N–H and O–H groups in total. The fourth-order valence-corrected chi connectivity index (χ4v) is 2.46. The third kappa shape index (κ3) is 7.78. The minimum Gasteiger partial charge on any atom is -0.383 e. The summed E-state index contributed by atoms with van der Waals surface area (Å²) in [7, 11) is 3.46. The Kier molecular flexibility index (Phi) is 11.0. The largest absolute Gasteiger partial charge is 0.383 e. The van der Waals surface area contributed by atoms with E-state index in [1.807, 2.05) is 0 Å². The first kappa shape index (κ1) is 21.1. The average Bonchev–Trinajstić information content (AvgIpc) is 2.60. The summed E-state index contributed by atoms with van der Waals surface area (Å²) in [5, 5.41) is 6.50. The number of nitrogens with zero attached hydrogens (tertiary/aromatic N) is 2. The van der Waals surface area contributed by atoms with Gasteiger partial charge in [-0.05, 0) is 11.1 Å². The SMILES string of the molecule is CN=C(NCCOC)NCc1ccc(CN2CCOCC2)cc1.I. The number of halogens is 1. The van der Waals surface area contributed by atoms with E-state index in [4.69, 9.17) is 9.47 Å². The second-order valence-electron chi connectivity index (χ2n) is 5.55. The average molecular weight is 448 g/mol. The molecule has 1 saturated heterocycles. The van der Waals surface area contributed by atoms with Gasteiger partial charge in [-0.1, -0.05) is 24.3 Å². The molecule has 136 valence electrons. The minimum atomic E-state index is 0. The molecule has 2 rings (SSSR count). The number of rotatable bonds is 7. The van der Waals surface area contributed by atoms with Gasteiger partial charge >= 0.3 is 0 Å². The van der Waals surface area contributed by atoms with Crippen LogP contribution >= 0.6 is 24.0 Å². The van der Waals surface area contributed by atoms with Gasteiger partial charge in [0.25, 0.3) is 0 Å². The highest BCUT2D eigenvalue weighted by Gasteiger charge is 2.10. The maximum absolute atomic E-state index is 5.38. The normalized spacial score (nSPS) is 15.7. The molecule has 1 aromatic carbocycles. The van der Waals surface area contributed by atoms with Crippen molar-refractivity contribution >= 4 is 29.9 Å². The molecule has 0 saturated carbocycles.